The number of halogens is 3. The van der Waals surface area contributed by atoms with Crippen LogP contribution in [0.25, 0.3) is 11.2 Å². The number of carbonyl (C=O) groups is 1. The summed E-state index contributed by atoms with van der Waals surface area (Å²) in [5.74, 6) is -1.90. The van der Waals surface area contributed by atoms with E-state index in [0.717, 1.165) is 26.1 Å². The van der Waals surface area contributed by atoms with Gasteiger partial charge in [0.2, 0.25) is 17.8 Å². The summed E-state index contributed by atoms with van der Waals surface area (Å²) >= 11 is 5.72. The van der Waals surface area contributed by atoms with Crippen LogP contribution in [0, 0.1) is 23.0 Å². The van der Waals surface area contributed by atoms with Gasteiger partial charge in [0.1, 0.15) is 5.52 Å². The Kier molecular flexibility index (Phi) is 5.71. The van der Waals surface area contributed by atoms with E-state index >= 15 is 0 Å². The van der Waals surface area contributed by atoms with Gasteiger partial charge in [-0.05, 0) is 50.7 Å². The number of aromatic nitrogens is 4. The molecule has 6 rings (SSSR count). The Morgan fingerprint density at radius 2 is 1.89 bits per heavy atom. The van der Waals surface area contributed by atoms with Crippen LogP contribution in [-0.2, 0) is 9.53 Å². The first-order chi connectivity index (χ1) is 17.3. The zero-order valence-electron chi connectivity index (χ0n) is 19.4. The summed E-state index contributed by atoms with van der Waals surface area (Å²) < 4.78 is 36.0. The second-order valence-corrected chi connectivity index (χ2v) is 10.6. The van der Waals surface area contributed by atoms with Gasteiger partial charge >= 0.3 is 0 Å². The molecule has 9 nitrogen and oxygen atoms in total. The number of fused-ring (bicyclic) bond motifs is 1. The Morgan fingerprint density at radius 3 is 2.56 bits per heavy atom. The third kappa shape index (κ3) is 4.03. The number of primary amides is 1. The first-order valence-electron chi connectivity index (χ1n) is 12.1. The van der Waals surface area contributed by atoms with Gasteiger partial charge in [-0.1, -0.05) is 11.6 Å². The Hall–Kier alpha value is -3.05. The number of hydrogen-bond donors (Lipinski definition) is 3. The Balaban J connectivity index is 1.33. The zero-order valence-corrected chi connectivity index (χ0v) is 20.2. The van der Waals surface area contributed by atoms with Gasteiger partial charge in [0.15, 0.2) is 17.3 Å². The molecule has 0 atom stereocenters. The molecule has 1 saturated heterocycles. The molecule has 4 N–H and O–H groups in total. The van der Waals surface area contributed by atoms with E-state index in [0.29, 0.717) is 54.2 Å². The third-order valence-electron chi connectivity index (χ3n) is 7.69. The highest BCUT2D eigenvalue weighted by Crippen LogP contribution is 2.47. The average molecular weight is 518 g/mol. The standard InChI is InChI=1S/C24H26ClF2N7O2/c25-15-5-6-16(19(27)18(15)26)31-23-32-17-9-29-22(30-13-7-24(8-13)10-36-11-24)33-21(17)34(23)14-3-1-12(2-4-14)20(28)35/h5-6,9,12-14H,1-4,7-8,10-11H2,(H2,28,35)(H,31,32)(H,29,30,33)/t12-,14+. The highest BCUT2D eigenvalue weighted by atomic mass is 35.5. The predicted molar refractivity (Wildman–Crippen MR) is 130 cm³/mol. The predicted octanol–water partition coefficient (Wildman–Crippen LogP) is 4.31. The maximum absolute atomic E-state index is 14.6. The highest BCUT2D eigenvalue weighted by molar-refractivity contribution is 6.30. The molecule has 1 spiro atoms. The molecule has 12 heteroatoms. The molecule has 1 aliphatic heterocycles. The van der Waals surface area contributed by atoms with Crippen LogP contribution in [0.15, 0.2) is 18.3 Å². The lowest BCUT2D eigenvalue weighted by Crippen LogP contribution is -2.56. The summed E-state index contributed by atoms with van der Waals surface area (Å²) in [6.07, 6.45) is 6.25. The highest BCUT2D eigenvalue weighted by Gasteiger charge is 2.50. The number of hydrogen-bond acceptors (Lipinski definition) is 7. The number of ether oxygens (including phenoxy) is 1. The number of amides is 1. The fraction of sp³-hybridized carbons (Fsp3) is 0.500. The van der Waals surface area contributed by atoms with Gasteiger partial charge in [-0.15, -0.1) is 0 Å². The Labute approximate surface area is 210 Å². The van der Waals surface area contributed by atoms with Crippen molar-refractivity contribution < 1.29 is 18.3 Å². The van der Waals surface area contributed by atoms with E-state index < -0.39 is 11.6 Å². The van der Waals surface area contributed by atoms with Gasteiger partial charge in [-0.25, -0.2) is 18.7 Å². The maximum Gasteiger partial charge on any atom is 0.224 e. The number of carbonyl (C=O) groups excluding carboxylic acids is 1. The second-order valence-electron chi connectivity index (χ2n) is 10.2. The van der Waals surface area contributed by atoms with Crippen LogP contribution in [0.4, 0.5) is 26.4 Å². The van der Waals surface area contributed by atoms with E-state index in [1.54, 1.807) is 6.20 Å². The van der Waals surface area contributed by atoms with Crippen LogP contribution in [0.5, 0.6) is 0 Å². The molecule has 36 heavy (non-hydrogen) atoms. The largest absolute Gasteiger partial charge is 0.380 e. The van der Waals surface area contributed by atoms with E-state index in [2.05, 4.69) is 20.6 Å². The third-order valence-corrected chi connectivity index (χ3v) is 7.98. The number of benzene rings is 1. The lowest BCUT2D eigenvalue weighted by Gasteiger charge is -2.53. The molecular weight excluding hydrogens is 492 g/mol. The SMILES string of the molecule is NC(=O)[C@H]1CC[C@@H](n2c(Nc3ccc(Cl)c(F)c3F)nc3cnc(NC4CC5(COC5)C4)nc32)CC1. The van der Waals surface area contributed by atoms with Gasteiger partial charge in [0.25, 0.3) is 0 Å². The molecule has 0 bridgehead atoms. The van der Waals surface area contributed by atoms with Crippen molar-refractivity contribution in [2.75, 3.05) is 23.8 Å². The molecule has 3 aromatic rings. The number of nitrogens with zero attached hydrogens (tertiary/aromatic N) is 4. The molecule has 1 aromatic carbocycles. The van der Waals surface area contributed by atoms with E-state index in [9.17, 15) is 13.6 Å². The molecule has 0 unspecified atom stereocenters. The van der Waals surface area contributed by atoms with Gasteiger partial charge in [-0.2, -0.15) is 4.98 Å². The molecule has 3 aliphatic rings. The minimum atomic E-state index is -1.13. The molecule has 1 amide bonds. The Bertz CT molecular complexity index is 1330. The van der Waals surface area contributed by atoms with Crippen molar-refractivity contribution in [1.29, 1.82) is 0 Å². The topological polar surface area (TPSA) is 120 Å². The molecule has 0 radical (unpaired) electrons. The molecular formula is C24H26ClF2N7O2. The first kappa shape index (κ1) is 23.4. The zero-order chi connectivity index (χ0) is 25.0. The van der Waals surface area contributed by atoms with Crippen molar-refractivity contribution >= 4 is 46.3 Å². The summed E-state index contributed by atoms with van der Waals surface area (Å²) in [6.45, 7) is 1.62. The first-order valence-corrected chi connectivity index (χ1v) is 12.5. The summed E-state index contributed by atoms with van der Waals surface area (Å²) in [5, 5.41) is 6.02. The number of imidazole rings is 1. The number of nitrogens with two attached hydrogens (primary N) is 1. The molecule has 3 heterocycles. The number of rotatable bonds is 6. The van der Waals surface area contributed by atoms with Crippen molar-refractivity contribution in [1.82, 2.24) is 19.5 Å². The summed E-state index contributed by atoms with van der Waals surface area (Å²) in [5.41, 5.74) is 6.83. The minimum Gasteiger partial charge on any atom is -0.380 e. The minimum absolute atomic E-state index is 0.0600. The lowest BCUT2D eigenvalue weighted by molar-refractivity contribution is -0.160. The number of nitrogens with one attached hydrogen (secondary N) is 2. The monoisotopic (exact) mass is 517 g/mol. The van der Waals surface area contributed by atoms with Crippen molar-refractivity contribution in [2.24, 2.45) is 17.1 Å². The molecule has 3 fully saturated rings. The van der Waals surface area contributed by atoms with Crippen LogP contribution < -0.4 is 16.4 Å². The fourth-order valence-electron chi connectivity index (χ4n) is 5.65. The van der Waals surface area contributed by atoms with Crippen molar-refractivity contribution in [3.05, 3.63) is 35.0 Å². The van der Waals surface area contributed by atoms with Crippen LogP contribution in [0.1, 0.15) is 44.6 Å². The maximum atomic E-state index is 14.6. The second kappa shape index (κ2) is 8.81. The molecule has 2 aliphatic carbocycles. The smallest absolute Gasteiger partial charge is 0.224 e. The quantitative estimate of drug-likeness (QED) is 0.417. The average Bonchev–Trinajstić information content (AvgIpc) is 3.17. The van der Waals surface area contributed by atoms with E-state index in [-0.39, 0.29) is 34.6 Å². The van der Waals surface area contributed by atoms with E-state index in [1.165, 1.54) is 12.1 Å². The van der Waals surface area contributed by atoms with E-state index in [4.69, 9.17) is 27.1 Å². The normalized spacial score (nSPS) is 23.3. The fourth-order valence-corrected chi connectivity index (χ4v) is 5.80. The van der Waals surface area contributed by atoms with Crippen LogP contribution >= 0.6 is 11.6 Å². The molecule has 2 aromatic heterocycles. The van der Waals surface area contributed by atoms with Gasteiger partial charge in [0.05, 0.1) is 30.1 Å². The van der Waals surface area contributed by atoms with Crippen molar-refractivity contribution in [2.45, 2.75) is 50.6 Å². The molecule has 190 valence electrons. The van der Waals surface area contributed by atoms with Crippen molar-refractivity contribution in [3.8, 4) is 0 Å². The lowest BCUT2D eigenvalue weighted by atomic mass is 9.64. The van der Waals surface area contributed by atoms with Gasteiger partial charge in [0, 0.05) is 23.4 Å². The summed E-state index contributed by atoms with van der Waals surface area (Å²) in [4.78, 5) is 25.5. The summed E-state index contributed by atoms with van der Waals surface area (Å²) in [7, 11) is 0. The van der Waals surface area contributed by atoms with Crippen LogP contribution in [0.3, 0.4) is 0 Å². The van der Waals surface area contributed by atoms with Crippen molar-refractivity contribution in [3.63, 3.8) is 0 Å². The van der Waals surface area contributed by atoms with Gasteiger partial charge < -0.3 is 21.1 Å². The van der Waals surface area contributed by atoms with Crippen LogP contribution in [0.2, 0.25) is 5.02 Å². The molecule has 2 saturated carbocycles. The Morgan fingerprint density at radius 1 is 1.14 bits per heavy atom. The van der Waals surface area contributed by atoms with E-state index in [1.807, 2.05) is 4.57 Å². The van der Waals surface area contributed by atoms with Gasteiger partial charge in [-0.3, -0.25) is 9.36 Å². The van der Waals surface area contributed by atoms with Crippen LogP contribution in [-0.4, -0.2) is 44.7 Å². The number of anilines is 3. The summed E-state index contributed by atoms with van der Waals surface area (Å²) in [6, 6.07) is 2.87.